The molecular formula is C19H14ClN3O2S. The van der Waals surface area contributed by atoms with Gasteiger partial charge in [0.1, 0.15) is 0 Å². The molecule has 1 aromatic carbocycles. The number of aromatic nitrogens is 3. The van der Waals surface area contributed by atoms with Crippen molar-refractivity contribution in [2.75, 3.05) is 7.11 Å². The van der Waals surface area contributed by atoms with Gasteiger partial charge in [0.2, 0.25) is 0 Å². The average Bonchev–Trinajstić information content (AvgIpc) is 3.30. The van der Waals surface area contributed by atoms with Crippen LogP contribution < -0.4 is 0 Å². The fraction of sp³-hybridized carbons (Fsp3) is 0.105. The highest BCUT2D eigenvalue weighted by molar-refractivity contribution is 7.13. The van der Waals surface area contributed by atoms with Gasteiger partial charge in [-0.05, 0) is 48.7 Å². The third kappa shape index (κ3) is 2.77. The summed E-state index contributed by atoms with van der Waals surface area (Å²) in [5.74, 6) is -0.408. The normalized spacial score (nSPS) is 11.0. The van der Waals surface area contributed by atoms with Gasteiger partial charge in [0, 0.05) is 5.02 Å². The molecule has 0 aliphatic rings. The Labute approximate surface area is 158 Å². The van der Waals surface area contributed by atoms with E-state index in [1.165, 1.54) is 7.11 Å². The van der Waals surface area contributed by atoms with Crippen molar-refractivity contribution in [3.05, 3.63) is 64.1 Å². The Balaban J connectivity index is 2.04. The number of methoxy groups -OCH3 is 1. The van der Waals surface area contributed by atoms with Crippen molar-refractivity contribution < 1.29 is 9.53 Å². The van der Waals surface area contributed by atoms with Crippen molar-refractivity contribution >= 4 is 39.9 Å². The zero-order valence-electron chi connectivity index (χ0n) is 14.1. The molecule has 0 aliphatic heterocycles. The molecule has 0 unspecified atom stereocenters. The van der Waals surface area contributed by atoms with E-state index in [4.69, 9.17) is 21.3 Å². The predicted octanol–water partition coefficient (Wildman–Crippen LogP) is 4.90. The van der Waals surface area contributed by atoms with Gasteiger partial charge in [-0.2, -0.15) is 5.10 Å². The van der Waals surface area contributed by atoms with E-state index < -0.39 is 5.97 Å². The molecule has 0 aliphatic carbocycles. The Morgan fingerprint density at radius 1 is 1.23 bits per heavy atom. The van der Waals surface area contributed by atoms with Crippen LogP contribution in [0.5, 0.6) is 0 Å². The molecule has 4 aromatic rings. The first-order chi connectivity index (χ1) is 12.6. The Hall–Kier alpha value is -2.70. The second-order valence-corrected chi connectivity index (χ2v) is 7.08. The van der Waals surface area contributed by atoms with Gasteiger partial charge in [0.05, 0.1) is 40.0 Å². The lowest BCUT2D eigenvalue weighted by Gasteiger charge is -2.07. The molecule has 4 rings (SSSR count). The maximum atomic E-state index is 12.4. The zero-order chi connectivity index (χ0) is 18.3. The highest BCUT2D eigenvalue weighted by Gasteiger charge is 2.21. The molecule has 0 radical (unpaired) electrons. The average molecular weight is 384 g/mol. The third-order valence-corrected chi connectivity index (χ3v) is 5.21. The molecule has 3 aromatic heterocycles. The molecule has 0 spiro atoms. The first-order valence-corrected chi connectivity index (χ1v) is 9.13. The van der Waals surface area contributed by atoms with E-state index in [1.807, 2.05) is 36.6 Å². The van der Waals surface area contributed by atoms with E-state index in [-0.39, 0.29) is 0 Å². The van der Waals surface area contributed by atoms with Crippen LogP contribution in [0.25, 0.3) is 27.3 Å². The third-order valence-electron chi connectivity index (χ3n) is 4.06. The smallest absolute Gasteiger partial charge is 0.338 e. The summed E-state index contributed by atoms with van der Waals surface area (Å²) >= 11 is 7.56. The molecule has 0 amide bonds. The van der Waals surface area contributed by atoms with Crippen LogP contribution >= 0.6 is 22.9 Å². The van der Waals surface area contributed by atoms with Gasteiger partial charge >= 0.3 is 5.97 Å². The Kier molecular flexibility index (Phi) is 4.22. The van der Waals surface area contributed by atoms with Gasteiger partial charge in [0.15, 0.2) is 5.65 Å². The van der Waals surface area contributed by atoms with Crippen molar-refractivity contribution in [2.45, 2.75) is 6.92 Å². The van der Waals surface area contributed by atoms with E-state index >= 15 is 0 Å². The van der Waals surface area contributed by atoms with Crippen LogP contribution in [0.4, 0.5) is 0 Å². The van der Waals surface area contributed by atoms with Crippen molar-refractivity contribution in [3.8, 4) is 16.3 Å². The maximum absolute atomic E-state index is 12.4. The fourth-order valence-corrected chi connectivity index (χ4v) is 3.68. The van der Waals surface area contributed by atoms with Crippen LogP contribution in [0, 0.1) is 6.92 Å². The summed E-state index contributed by atoms with van der Waals surface area (Å²) < 4.78 is 6.71. The molecule has 3 heterocycles. The summed E-state index contributed by atoms with van der Waals surface area (Å²) in [6.45, 7) is 1.85. The second kappa shape index (κ2) is 6.55. The van der Waals surface area contributed by atoms with Crippen LogP contribution in [0.3, 0.4) is 0 Å². The number of aryl methyl sites for hydroxylation is 1. The van der Waals surface area contributed by atoms with E-state index in [0.717, 1.165) is 10.6 Å². The number of hydrogen-bond donors (Lipinski definition) is 0. The number of ether oxygens (including phenoxy) is 1. The number of carbonyl (C=O) groups excluding carboxylic acids is 1. The lowest BCUT2D eigenvalue weighted by molar-refractivity contribution is 0.0603. The quantitative estimate of drug-likeness (QED) is 0.472. The predicted molar refractivity (Wildman–Crippen MR) is 103 cm³/mol. The number of esters is 1. The number of rotatable bonds is 3. The SMILES string of the molecule is COC(=O)c1cc(-c2cccs2)nc2c1c(C)nn2-c1ccc(Cl)cc1. The zero-order valence-corrected chi connectivity index (χ0v) is 15.6. The Morgan fingerprint density at radius 3 is 2.65 bits per heavy atom. The number of fused-ring (bicyclic) bond motifs is 1. The maximum Gasteiger partial charge on any atom is 0.338 e. The van der Waals surface area contributed by atoms with E-state index in [2.05, 4.69) is 5.10 Å². The van der Waals surface area contributed by atoms with Crippen molar-refractivity contribution in [1.29, 1.82) is 0 Å². The van der Waals surface area contributed by atoms with E-state index in [9.17, 15) is 4.79 Å². The number of carbonyl (C=O) groups is 1. The topological polar surface area (TPSA) is 57.0 Å². The minimum Gasteiger partial charge on any atom is -0.465 e. The van der Waals surface area contributed by atoms with Gasteiger partial charge < -0.3 is 4.74 Å². The minimum atomic E-state index is -0.408. The highest BCUT2D eigenvalue weighted by atomic mass is 35.5. The van der Waals surface area contributed by atoms with Crippen molar-refractivity contribution in [3.63, 3.8) is 0 Å². The Bertz CT molecular complexity index is 1100. The number of pyridine rings is 1. The number of nitrogens with zero attached hydrogens (tertiary/aromatic N) is 3. The van der Waals surface area contributed by atoms with Crippen molar-refractivity contribution in [2.24, 2.45) is 0 Å². The van der Waals surface area contributed by atoms with Crippen LogP contribution in [-0.2, 0) is 4.74 Å². The summed E-state index contributed by atoms with van der Waals surface area (Å²) in [6.07, 6.45) is 0. The first kappa shape index (κ1) is 16.8. The number of thiophene rings is 1. The summed E-state index contributed by atoms with van der Waals surface area (Å²) in [5.41, 5.74) is 3.30. The summed E-state index contributed by atoms with van der Waals surface area (Å²) in [7, 11) is 1.37. The molecule has 0 N–H and O–H groups in total. The van der Waals surface area contributed by atoms with E-state index in [1.54, 1.807) is 34.2 Å². The van der Waals surface area contributed by atoms with Gasteiger partial charge in [-0.25, -0.2) is 14.5 Å². The van der Waals surface area contributed by atoms with Gasteiger partial charge in [-0.1, -0.05) is 17.7 Å². The summed E-state index contributed by atoms with van der Waals surface area (Å²) in [5, 5.41) is 7.90. The van der Waals surface area contributed by atoms with Crippen LogP contribution in [0.1, 0.15) is 16.1 Å². The van der Waals surface area contributed by atoms with Crippen molar-refractivity contribution in [1.82, 2.24) is 14.8 Å². The molecule has 0 atom stereocenters. The molecular weight excluding hydrogens is 370 g/mol. The van der Waals surface area contributed by atoms with Gasteiger partial charge in [-0.3, -0.25) is 0 Å². The summed E-state index contributed by atoms with van der Waals surface area (Å²) in [6, 6.07) is 13.0. The van der Waals surface area contributed by atoms with Gasteiger partial charge in [0.25, 0.3) is 0 Å². The molecule has 0 saturated carbocycles. The van der Waals surface area contributed by atoms with Crippen LogP contribution in [0.2, 0.25) is 5.02 Å². The minimum absolute atomic E-state index is 0.408. The lowest BCUT2D eigenvalue weighted by atomic mass is 10.1. The molecule has 0 saturated heterocycles. The molecule has 5 nitrogen and oxygen atoms in total. The fourth-order valence-electron chi connectivity index (χ4n) is 2.87. The van der Waals surface area contributed by atoms with Gasteiger partial charge in [-0.15, -0.1) is 11.3 Å². The Morgan fingerprint density at radius 2 is 2.00 bits per heavy atom. The lowest BCUT2D eigenvalue weighted by Crippen LogP contribution is -2.04. The van der Waals surface area contributed by atoms with E-state index in [0.29, 0.717) is 33.0 Å². The standard InChI is InChI=1S/C19H14ClN3O2S/c1-11-17-14(19(24)25-2)10-15(16-4-3-9-26-16)21-18(17)23(22-11)13-7-5-12(20)6-8-13/h3-10H,1-2H3. The first-order valence-electron chi connectivity index (χ1n) is 7.87. The summed E-state index contributed by atoms with van der Waals surface area (Å²) in [4.78, 5) is 18.1. The second-order valence-electron chi connectivity index (χ2n) is 5.70. The molecule has 0 bridgehead atoms. The number of benzene rings is 1. The monoisotopic (exact) mass is 383 g/mol. The molecule has 0 fully saturated rings. The van der Waals surface area contributed by atoms with Crippen LogP contribution in [0.15, 0.2) is 47.8 Å². The number of halogens is 1. The largest absolute Gasteiger partial charge is 0.465 e. The number of hydrogen-bond acceptors (Lipinski definition) is 5. The molecule has 26 heavy (non-hydrogen) atoms. The highest BCUT2D eigenvalue weighted by Crippen LogP contribution is 2.31. The van der Waals surface area contributed by atoms with Crippen LogP contribution in [-0.4, -0.2) is 27.8 Å². The molecule has 7 heteroatoms. The molecule has 130 valence electrons.